The first-order valence-corrected chi connectivity index (χ1v) is 3.10. The minimum atomic E-state index is -0.791. The highest BCUT2D eigenvalue weighted by Gasteiger charge is 2.11. The minimum Gasteiger partial charge on any atom is -0.423 e. The summed E-state index contributed by atoms with van der Waals surface area (Å²) in [5, 5.41) is 9.11. The molecule has 1 aromatic rings. The standard InChI is InChI=1S/C7H9BO2/c1-10-8(9)7-5-3-2-4-6-7/h2-6,9H,1H3. The molecule has 0 bridgehead atoms. The average molecular weight is 136 g/mol. The van der Waals surface area contributed by atoms with Crippen LogP contribution >= 0.6 is 0 Å². The summed E-state index contributed by atoms with van der Waals surface area (Å²) in [7, 11) is 0.679. The number of benzene rings is 1. The Kier molecular flexibility index (Phi) is 2.48. The van der Waals surface area contributed by atoms with Gasteiger partial charge in [-0.3, -0.25) is 0 Å². The highest BCUT2D eigenvalue weighted by atomic mass is 16.5. The Morgan fingerprint density at radius 2 is 1.90 bits per heavy atom. The van der Waals surface area contributed by atoms with Crippen LogP contribution in [0.25, 0.3) is 0 Å². The molecule has 0 heterocycles. The van der Waals surface area contributed by atoms with Gasteiger partial charge in [0.2, 0.25) is 0 Å². The largest absolute Gasteiger partial charge is 0.490 e. The lowest BCUT2D eigenvalue weighted by Crippen LogP contribution is -2.31. The monoisotopic (exact) mass is 136 g/mol. The molecule has 0 aliphatic carbocycles. The van der Waals surface area contributed by atoms with E-state index in [0.717, 1.165) is 5.46 Å². The van der Waals surface area contributed by atoms with Crippen LogP contribution in [0.5, 0.6) is 0 Å². The molecule has 0 fully saturated rings. The lowest BCUT2D eigenvalue weighted by Gasteiger charge is -2.00. The Morgan fingerprint density at radius 3 is 2.40 bits per heavy atom. The van der Waals surface area contributed by atoms with Gasteiger partial charge < -0.3 is 9.68 Å². The van der Waals surface area contributed by atoms with Crippen LogP contribution in [0.4, 0.5) is 0 Å². The third-order valence-electron chi connectivity index (χ3n) is 1.31. The van der Waals surface area contributed by atoms with E-state index in [1.54, 1.807) is 0 Å². The van der Waals surface area contributed by atoms with Crippen molar-refractivity contribution in [1.82, 2.24) is 0 Å². The lowest BCUT2D eigenvalue weighted by molar-refractivity contribution is 0.341. The smallest absolute Gasteiger partial charge is 0.423 e. The number of hydrogen-bond donors (Lipinski definition) is 1. The van der Waals surface area contributed by atoms with Gasteiger partial charge in [-0.05, 0) is 5.46 Å². The van der Waals surface area contributed by atoms with E-state index in [1.807, 2.05) is 30.3 Å². The van der Waals surface area contributed by atoms with Gasteiger partial charge in [0.15, 0.2) is 0 Å². The van der Waals surface area contributed by atoms with Crippen molar-refractivity contribution in [3.63, 3.8) is 0 Å². The van der Waals surface area contributed by atoms with Gasteiger partial charge in [-0.2, -0.15) is 0 Å². The van der Waals surface area contributed by atoms with Gasteiger partial charge in [0.1, 0.15) is 0 Å². The first kappa shape index (κ1) is 7.31. The molecular formula is C7H9BO2. The quantitative estimate of drug-likeness (QED) is 0.580. The molecule has 0 aliphatic rings. The Labute approximate surface area is 60.6 Å². The van der Waals surface area contributed by atoms with Crippen molar-refractivity contribution in [2.24, 2.45) is 0 Å². The fourth-order valence-corrected chi connectivity index (χ4v) is 0.754. The molecule has 0 unspecified atom stereocenters. The van der Waals surface area contributed by atoms with E-state index < -0.39 is 7.12 Å². The van der Waals surface area contributed by atoms with Gasteiger partial charge >= 0.3 is 7.12 Å². The number of hydrogen-bond acceptors (Lipinski definition) is 2. The van der Waals surface area contributed by atoms with Crippen molar-refractivity contribution < 1.29 is 9.68 Å². The summed E-state index contributed by atoms with van der Waals surface area (Å²) in [4.78, 5) is 0. The molecule has 1 aromatic carbocycles. The summed E-state index contributed by atoms with van der Waals surface area (Å²) >= 11 is 0. The second kappa shape index (κ2) is 3.39. The van der Waals surface area contributed by atoms with Crippen LogP contribution in [0, 0.1) is 0 Å². The van der Waals surface area contributed by atoms with E-state index in [4.69, 9.17) is 9.68 Å². The predicted molar refractivity (Wildman–Crippen MR) is 41.1 cm³/mol. The summed E-state index contributed by atoms with van der Waals surface area (Å²) in [6.07, 6.45) is 0. The van der Waals surface area contributed by atoms with Crippen LogP contribution in [0.15, 0.2) is 30.3 Å². The third kappa shape index (κ3) is 1.59. The van der Waals surface area contributed by atoms with Crippen LogP contribution < -0.4 is 5.46 Å². The first-order valence-electron chi connectivity index (χ1n) is 3.10. The van der Waals surface area contributed by atoms with E-state index in [-0.39, 0.29) is 0 Å². The third-order valence-corrected chi connectivity index (χ3v) is 1.31. The molecule has 3 heteroatoms. The Bertz CT molecular complexity index is 188. The van der Waals surface area contributed by atoms with E-state index >= 15 is 0 Å². The van der Waals surface area contributed by atoms with Gasteiger partial charge in [0.05, 0.1) is 0 Å². The van der Waals surface area contributed by atoms with Crippen LogP contribution in [0.2, 0.25) is 0 Å². The minimum absolute atomic E-state index is 0.782. The molecule has 0 spiro atoms. The summed E-state index contributed by atoms with van der Waals surface area (Å²) < 4.78 is 4.69. The molecule has 0 aliphatic heterocycles. The second-order valence-corrected chi connectivity index (χ2v) is 2.00. The van der Waals surface area contributed by atoms with Gasteiger partial charge in [0, 0.05) is 7.11 Å². The zero-order valence-electron chi connectivity index (χ0n) is 5.82. The molecule has 0 amide bonds. The molecule has 0 saturated heterocycles. The molecule has 1 rings (SSSR count). The van der Waals surface area contributed by atoms with Crippen molar-refractivity contribution in [2.45, 2.75) is 0 Å². The molecule has 0 aromatic heterocycles. The Balaban J connectivity index is 2.75. The fraction of sp³-hybridized carbons (Fsp3) is 0.143. The van der Waals surface area contributed by atoms with Crippen LogP contribution in [0.1, 0.15) is 0 Å². The van der Waals surface area contributed by atoms with E-state index in [0.29, 0.717) is 0 Å². The van der Waals surface area contributed by atoms with Crippen LogP contribution in [-0.2, 0) is 4.65 Å². The van der Waals surface area contributed by atoms with Gasteiger partial charge in [-0.1, -0.05) is 30.3 Å². The Hall–Kier alpha value is -0.795. The predicted octanol–water partition coefficient (Wildman–Crippen LogP) is 0.0205. The molecule has 52 valence electrons. The summed E-state index contributed by atoms with van der Waals surface area (Å²) in [6, 6.07) is 9.24. The zero-order chi connectivity index (χ0) is 7.40. The van der Waals surface area contributed by atoms with E-state index in [1.165, 1.54) is 7.11 Å². The van der Waals surface area contributed by atoms with Crippen molar-refractivity contribution in [3.05, 3.63) is 30.3 Å². The Morgan fingerprint density at radius 1 is 1.30 bits per heavy atom. The molecule has 1 N–H and O–H groups in total. The van der Waals surface area contributed by atoms with Crippen LogP contribution in [-0.4, -0.2) is 19.3 Å². The van der Waals surface area contributed by atoms with Crippen molar-refractivity contribution in [3.8, 4) is 0 Å². The van der Waals surface area contributed by atoms with E-state index in [2.05, 4.69) is 0 Å². The fourth-order valence-electron chi connectivity index (χ4n) is 0.754. The van der Waals surface area contributed by atoms with Crippen molar-refractivity contribution in [1.29, 1.82) is 0 Å². The van der Waals surface area contributed by atoms with Gasteiger partial charge in [-0.15, -0.1) is 0 Å². The summed E-state index contributed by atoms with van der Waals surface area (Å²) in [6.45, 7) is 0. The average Bonchev–Trinajstić information content (AvgIpc) is 2.05. The van der Waals surface area contributed by atoms with Crippen molar-refractivity contribution >= 4 is 12.6 Å². The normalized spacial score (nSPS) is 9.40. The zero-order valence-corrected chi connectivity index (χ0v) is 5.82. The second-order valence-electron chi connectivity index (χ2n) is 2.00. The maximum atomic E-state index is 9.11. The van der Waals surface area contributed by atoms with Gasteiger partial charge in [-0.25, -0.2) is 0 Å². The van der Waals surface area contributed by atoms with E-state index in [9.17, 15) is 0 Å². The maximum Gasteiger partial charge on any atom is 0.490 e. The SMILES string of the molecule is COB(O)c1ccccc1. The molecule has 2 nitrogen and oxygen atoms in total. The molecular weight excluding hydrogens is 127 g/mol. The lowest BCUT2D eigenvalue weighted by atomic mass is 9.80. The summed E-state index contributed by atoms with van der Waals surface area (Å²) in [5.41, 5.74) is 0.782. The van der Waals surface area contributed by atoms with Gasteiger partial charge in [0.25, 0.3) is 0 Å². The molecule has 10 heavy (non-hydrogen) atoms. The highest BCUT2D eigenvalue weighted by Crippen LogP contribution is 1.85. The van der Waals surface area contributed by atoms with Crippen molar-refractivity contribution in [2.75, 3.05) is 7.11 Å². The number of rotatable bonds is 2. The molecule has 0 radical (unpaired) electrons. The molecule has 0 atom stereocenters. The van der Waals surface area contributed by atoms with Crippen LogP contribution in [0.3, 0.4) is 0 Å². The highest BCUT2D eigenvalue weighted by molar-refractivity contribution is 6.59. The first-order chi connectivity index (χ1) is 4.84. The maximum absolute atomic E-state index is 9.11. The molecule has 0 saturated carbocycles. The topological polar surface area (TPSA) is 29.5 Å². The summed E-state index contributed by atoms with van der Waals surface area (Å²) in [5.74, 6) is 0.